The fraction of sp³-hybridized carbons (Fsp3) is 0. The van der Waals surface area contributed by atoms with Gasteiger partial charge in [0.05, 0.1) is 0 Å². The van der Waals surface area contributed by atoms with Gasteiger partial charge in [-0.1, -0.05) is 0 Å². The molecule has 0 aliphatic heterocycles. The quantitative estimate of drug-likeness (QED) is 0.646. The first kappa shape index (κ1) is 6.60. The molecular formula is C5H5IN2O. The Bertz CT molecular complexity index is 245. The van der Waals surface area contributed by atoms with E-state index in [-0.39, 0.29) is 5.56 Å². The minimum Gasteiger partial charge on any atom is -0.385 e. The summed E-state index contributed by atoms with van der Waals surface area (Å²) in [5.74, 6) is 0.409. The molecule has 9 heavy (non-hydrogen) atoms. The van der Waals surface area contributed by atoms with Crippen LogP contribution in [0.1, 0.15) is 0 Å². The monoisotopic (exact) mass is 236 g/mol. The van der Waals surface area contributed by atoms with E-state index in [1.54, 1.807) is 6.07 Å². The van der Waals surface area contributed by atoms with E-state index in [2.05, 4.69) is 4.98 Å². The molecule has 0 atom stereocenters. The summed E-state index contributed by atoms with van der Waals surface area (Å²) in [5.41, 5.74) is 5.15. The Kier molecular flexibility index (Phi) is 1.75. The Labute approximate surface area is 65.4 Å². The third kappa shape index (κ3) is 1.70. The van der Waals surface area contributed by atoms with Crippen LogP contribution in [0.25, 0.3) is 0 Å². The largest absolute Gasteiger partial charge is 0.385 e. The number of pyridine rings is 1. The van der Waals surface area contributed by atoms with Gasteiger partial charge in [-0.25, -0.2) is 0 Å². The molecule has 0 spiro atoms. The fourth-order valence-electron chi connectivity index (χ4n) is 0.530. The van der Waals surface area contributed by atoms with Crippen molar-refractivity contribution in [3.8, 4) is 0 Å². The summed E-state index contributed by atoms with van der Waals surface area (Å²) in [6, 6.07) is 3.18. The topological polar surface area (TPSA) is 58.9 Å². The Morgan fingerprint density at radius 3 is 2.67 bits per heavy atom. The Balaban J connectivity index is 3.33. The first-order chi connectivity index (χ1) is 4.18. The number of nitrogens with one attached hydrogen (secondary N) is 1. The van der Waals surface area contributed by atoms with E-state index in [4.69, 9.17) is 5.73 Å². The Morgan fingerprint density at radius 1 is 1.56 bits per heavy atom. The lowest BCUT2D eigenvalue weighted by atomic mass is 10.5. The van der Waals surface area contributed by atoms with Crippen LogP contribution in [0.5, 0.6) is 0 Å². The fourth-order valence-corrected chi connectivity index (χ4v) is 1.15. The summed E-state index contributed by atoms with van der Waals surface area (Å²) in [6.07, 6.45) is 0. The van der Waals surface area contributed by atoms with E-state index in [0.717, 1.165) is 3.57 Å². The van der Waals surface area contributed by atoms with Crippen LogP contribution in [0.15, 0.2) is 16.9 Å². The maximum Gasteiger partial charge on any atom is 0.250 e. The highest BCUT2D eigenvalue weighted by molar-refractivity contribution is 14.1. The van der Waals surface area contributed by atoms with Gasteiger partial charge in [0, 0.05) is 9.64 Å². The van der Waals surface area contributed by atoms with Crippen molar-refractivity contribution < 1.29 is 0 Å². The number of aromatic amines is 1. The molecule has 0 radical (unpaired) electrons. The molecule has 1 aromatic rings. The maximum atomic E-state index is 10.6. The van der Waals surface area contributed by atoms with Crippen LogP contribution in [0.3, 0.4) is 0 Å². The van der Waals surface area contributed by atoms with Crippen LogP contribution in [-0.4, -0.2) is 4.98 Å². The van der Waals surface area contributed by atoms with Gasteiger partial charge in [-0.2, -0.15) is 0 Å². The molecule has 1 rings (SSSR count). The summed E-state index contributed by atoms with van der Waals surface area (Å²) >= 11 is 2.03. The van der Waals surface area contributed by atoms with Crippen molar-refractivity contribution in [2.24, 2.45) is 0 Å². The van der Waals surface area contributed by atoms with E-state index < -0.39 is 0 Å². The van der Waals surface area contributed by atoms with E-state index in [9.17, 15) is 4.79 Å². The molecule has 3 nitrogen and oxygen atoms in total. The highest BCUT2D eigenvalue weighted by Crippen LogP contribution is 2.01. The number of aromatic nitrogens is 1. The highest BCUT2D eigenvalue weighted by Gasteiger charge is 1.89. The van der Waals surface area contributed by atoms with E-state index in [1.807, 2.05) is 22.6 Å². The molecule has 1 aromatic heterocycles. The molecule has 1 heterocycles. The summed E-state index contributed by atoms with van der Waals surface area (Å²) in [7, 11) is 0. The van der Waals surface area contributed by atoms with Crippen LogP contribution >= 0.6 is 22.6 Å². The van der Waals surface area contributed by atoms with Crippen molar-refractivity contribution in [1.82, 2.24) is 4.98 Å². The lowest BCUT2D eigenvalue weighted by Gasteiger charge is -1.90. The second kappa shape index (κ2) is 2.38. The first-order valence-corrected chi connectivity index (χ1v) is 3.42. The van der Waals surface area contributed by atoms with Crippen molar-refractivity contribution in [3.05, 3.63) is 26.1 Å². The predicted octanol–water partition coefficient (Wildman–Crippen LogP) is 0.562. The van der Waals surface area contributed by atoms with Gasteiger partial charge in [0.2, 0.25) is 0 Å². The zero-order valence-electron chi connectivity index (χ0n) is 4.52. The normalized spacial score (nSPS) is 9.44. The molecule has 3 N–H and O–H groups in total. The van der Waals surface area contributed by atoms with Crippen molar-refractivity contribution in [2.75, 3.05) is 5.73 Å². The van der Waals surface area contributed by atoms with Crippen molar-refractivity contribution in [1.29, 1.82) is 0 Å². The summed E-state index contributed by atoms with van der Waals surface area (Å²) in [6.45, 7) is 0. The number of hydrogen-bond donors (Lipinski definition) is 2. The lowest BCUT2D eigenvalue weighted by Crippen LogP contribution is -2.07. The van der Waals surface area contributed by atoms with Gasteiger partial charge in [-0.05, 0) is 28.7 Å². The van der Waals surface area contributed by atoms with Gasteiger partial charge >= 0.3 is 0 Å². The molecule has 0 saturated heterocycles. The van der Waals surface area contributed by atoms with E-state index in [1.165, 1.54) is 6.07 Å². The molecule has 0 aliphatic rings. The second-order valence-electron chi connectivity index (χ2n) is 1.62. The maximum absolute atomic E-state index is 10.6. The van der Waals surface area contributed by atoms with Crippen molar-refractivity contribution >= 4 is 28.4 Å². The molecule has 0 amide bonds. The minimum absolute atomic E-state index is 0.153. The van der Waals surface area contributed by atoms with Crippen LogP contribution in [-0.2, 0) is 0 Å². The molecule has 0 unspecified atom stereocenters. The SMILES string of the molecule is Nc1cc(I)cc(=O)[nH]1. The smallest absolute Gasteiger partial charge is 0.250 e. The van der Waals surface area contributed by atoms with Gasteiger partial charge in [0.1, 0.15) is 5.82 Å². The molecule has 4 heteroatoms. The predicted molar refractivity (Wildman–Crippen MR) is 44.2 cm³/mol. The minimum atomic E-state index is -0.153. The average molecular weight is 236 g/mol. The van der Waals surface area contributed by atoms with E-state index in [0.29, 0.717) is 5.82 Å². The molecule has 0 aromatic carbocycles. The second-order valence-corrected chi connectivity index (χ2v) is 2.86. The number of nitrogen functional groups attached to an aromatic ring is 1. The van der Waals surface area contributed by atoms with Gasteiger partial charge in [-0.15, -0.1) is 0 Å². The third-order valence-electron chi connectivity index (χ3n) is 0.830. The number of anilines is 1. The molecule has 48 valence electrons. The summed E-state index contributed by atoms with van der Waals surface area (Å²) in [5, 5.41) is 0. The van der Waals surface area contributed by atoms with Gasteiger partial charge in [0.25, 0.3) is 5.56 Å². The number of H-pyrrole nitrogens is 1. The molecule has 0 saturated carbocycles. The summed E-state index contributed by atoms with van der Waals surface area (Å²) in [4.78, 5) is 13.0. The van der Waals surface area contributed by atoms with Crippen LogP contribution in [0.2, 0.25) is 0 Å². The van der Waals surface area contributed by atoms with Gasteiger partial charge in [0.15, 0.2) is 0 Å². The zero-order chi connectivity index (χ0) is 6.85. The molecule has 0 aliphatic carbocycles. The standard InChI is InChI=1S/C5H5IN2O/c6-3-1-4(7)8-5(9)2-3/h1-2H,(H3,7,8,9). The lowest BCUT2D eigenvalue weighted by molar-refractivity contribution is 1.24. The third-order valence-corrected chi connectivity index (χ3v) is 1.45. The van der Waals surface area contributed by atoms with Crippen LogP contribution in [0.4, 0.5) is 5.82 Å². The number of halogens is 1. The van der Waals surface area contributed by atoms with Crippen LogP contribution < -0.4 is 11.3 Å². The van der Waals surface area contributed by atoms with Gasteiger partial charge in [-0.3, -0.25) is 4.79 Å². The average Bonchev–Trinajstić information content (AvgIpc) is 1.59. The van der Waals surface area contributed by atoms with Crippen molar-refractivity contribution in [3.63, 3.8) is 0 Å². The molecule has 0 bridgehead atoms. The van der Waals surface area contributed by atoms with E-state index >= 15 is 0 Å². The van der Waals surface area contributed by atoms with Crippen molar-refractivity contribution in [2.45, 2.75) is 0 Å². The van der Waals surface area contributed by atoms with Gasteiger partial charge < -0.3 is 10.7 Å². The Hall–Kier alpha value is -0.520. The number of hydrogen-bond acceptors (Lipinski definition) is 2. The number of nitrogens with two attached hydrogens (primary N) is 1. The first-order valence-electron chi connectivity index (χ1n) is 2.34. The van der Waals surface area contributed by atoms with Crippen LogP contribution in [0, 0.1) is 3.57 Å². The zero-order valence-corrected chi connectivity index (χ0v) is 6.68. The highest BCUT2D eigenvalue weighted by atomic mass is 127. The summed E-state index contributed by atoms with van der Waals surface area (Å²) < 4.78 is 0.855. The number of rotatable bonds is 0. The Morgan fingerprint density at radius 2 is 2.22 bits per heavy atom. The molecular weight excluding hydrogens is 231 g/mol. The molecule has 0 fully saturated rings.